The highest BCUT2D eigenvalue weighted by atomic mass is 16.5. The molecule has 0 unspecified atom stereocenters. The summed E-state index contributed by atoms with van der Waals surface area (Å²) >= 11 is 0. The number of rotatable bonds is 3. The van der Waals surface area contributed by atoms with E-state index in [0.29, 0.717) is 0 Å². The molecular formula is C16H16O. The van der Waals surface area contributed by atoms with E-state index in [2.05, 4.69) is 31.7 Å². The molecule has 0 bridgehead atoms. The molecule has 0 saturated heterocycles. The van der Waals surface area contributed by atoms with Crippen LogP contribution in [0.15, 0.2) is 55.1 Å². The lowest BCUT2D eigenvalue weighted by atomic mass is 9.97. The maximum atomic E-state index is 5.38. The minimum Gasteiger partial charge on any atom is -0.496 e. The van der Waals surface area contributed by atoms with Crippen LogP contribution in [0, 0.1) is 6.92 Å². The standard InChI is InChI=1S/C16H16O/c1-12-9-10-16(17-3)15(11-12)13(2)14-7-5-4-6-8-14/h4-11H,2H2,1,3H3. The lowest BCUT2D eigenvalue weighted by Crippen LogP contribution is -1.93. The van der Waals surface area contributed by atoms with Gasteiger partial charge < -0.3 is 4.74 Å². The van der Waals surface area contributed by atoms with Crippen LogP contribution in [0.5, 0.6) is 5.75 Å². The van der Waals surface area contributed by atoms with Gasteiger partial charge in [0.2, 0.25) is 0 Å². The van der Waals surface area contributed by atoms with Gasteiger partial charge in [0.1, 0.15) is 5.75 Å². The predicted molar refractivity (Wildman–Crippen MR) is 72.3 cm³/mol. The van der Waals surface area contributed by atoms with Crippen LogP contribution in [0.3, 0.4) is 0 Å². The number of ether oxygens (including phenoxy) is 1. The lowest BCUT2D eigenvalue weighted by Gasteiger charge is -2.12. The third-order valence-corrected chi connectivity index (χ3v) is 2.80. The fraction of sp³-hybridized carbons (Fsp3) is 0.125. The van der Waals surface area contributed by atoms with Gasteiger partial charge in [-0.25, -0.2) is 0 Å². The van der Waals surface area contributed by atoms with Gasteiger partial charge in [-0.05, 0) is 30.2 Å². The summed E-state index contributed by atoms with van der Waals surface area (Å²) in [7, 11) is 1.69. The summed E-state index contributed by atoms with van der Waals surface area (Å²) in [6.45, 7) is 6.24. The topological polar surface area (TPSA) is 9.23 Å². The first-order valence-corrected chi connectivity index (χ1v) is 5.61. The van der Waals surface area contributed by atoms with Gasteiger partial charge in [-0.15, -0.1) is 0 Å². The molecule has 1 nitrogen and oxygen atoms in total. The smallest absolute Gasteiger partial charge is 0.126 e. The molecule has 2 rings (SSSR count). The van der Waals surface area contributed by atoms with Crippen molar-refractivity contribution in [3.05, 3.63) is 71.8 Å². The van der Waals surface area contributed by atoms with E-state index in [1.165, 1.54) is 5.56 Å². The van der Waals surface area contributed by atoms with Crippen molar-refractivity contribution in [2.45, 2.75) is 6.92 Å². The van der Waals surface area contributed by atoms with Crippen molar-refractivity contribution in [3.63, 3.8) is 0 Å². The van der Waals surface area contributed by atoms with Crippen molar-refractivity contribution in [2.75, 3.05) is 7.11 Å². The van der Waals surface area contributed by atoms with Gasteiger partial charge in [-0.2, -0.15) is 0 Å². The highest BCUT2D eigenvalue weighted by Gasteiger charge is 2.08. The van der Waals surface area contributed by atoms with Gasteiger partial charge in [0.05, 0.1) is 7.11 Å². The zero-order valence-electron chi connectivity index (χ0n) is 10.2. The van der Waals surface area contributed by atoms with Crippen LogP contribution in [0.4, 0.5) is 0 Å². The monoisotopic (exact) mass is 224 g/mol. The summed E-state index contributed by atoms with van der Waals surface area (Å²) in [5.74, 6) is 0.865. The molecule has 0 aromatic heterocycles. The fourth-order valence-corrected chi connectivity index (χ4v) is 1.85. The summed E-state index contributed by atoms with van der Waals surface area (Å²) < 4.78 is 5.38. The molecule has 0 saturated carbocycles. The number of hydrogen-bond donors (Lipinski definition) is 0. The van der Waals surface area contributed by atoms with Crippen LogP contribution in [-0.4, -0.2) is 7.11 Å². The van der Waals surface area contributed by atoms with E-state index in [0.717, 1.165) is 22.4 Å². The Balaban J connectivity index is 2.47. The number of benzene rings is 2. The van der Waals surface area contributed by atoms with Crippen molar-refractivity contribution in [2.24, 2.45) is 0 Å². The first-order chi connectivity index (χ1) is 8.22. The van der Waals surface area contributed by atoms with Gasteiger partial charge in [-0.3, -0.25) is 0 Å². The van der Waals surface area contributed by atoms with Crippen molar-refractivity contribution in [1.82, 2.24) is 0 Å². The molecule has 0 spiro atoms. The Bertz CT molecular complexity index is 526. The molecule has 0 N–H and O–H groups in total. The normalized spacial score (nSPS) is 10.0. The lowest BCUT2D eigenvalue weighted by molar-refractivity contribution is 0.413. The van der Waals surface area contributed by atoms with Gasteiger partial charge in [0, 0.05) is 5.56 Å². The average Bonchev–Trinajstić information content (AvgIpc) is 2.39. The molecule has 0 aliphatic heterocycles. The Labute approximate surface area is 102 Å². The van der Waals surface area contributed by atoms with E-state index in [1.807, 2.05) is 30.3 Å². The van der Waals surface area contributed by atoms with E-state index in [1.54, 1.807) is 7.11 Å². The predicted octanol–water partition coefficient (Wildman–Crippen LogP) is 4.07. The molecule has 2 aromatic rings. The van der Waals surface area contributed by atoms with E-state index < -0.39 is 0 Å². The highest BCUT2D eigenvalue weighted by Crippen LogP contribution is 2.30. The van der Waals surface area contributed by atoms with Crippen LogP contribution in [0.1, 0.15) is 16.7 Å². The molecule has 2 aromatic carbocycles. The molecule has 0 atom stereocenters. The van der Waals surface area contributed by atoms with E-state index in [4.69, 9.17) is 4.74 Å². The van der Waals surface area contributed by atoms with E-state index >= 15 is 0 Å². The molecular weight excluding hydrogens is 208 g/mol. The van der Waals surface area contributed by atoms with Crippen LogP contribution in [-0.2, 0) is 0 Å². The van der Waals surface area contributed by atoms with Crippen LogP contribution < -0.4 is 4.74 Å². The second kappa shape index (κ2) is 4.88. The average molecular weight is 224 g/mol. The van der Waals surface area contributed by atoms with E-state index in [-0.39, 0.29) is 0 Å². The molecule has 0 heterocycles. The number of aryl methyl sites for hydroxylation is 1. The first-order valence-electron chi connectivity index (χ1n) is 5.61. The molecule has 86 valence electrons. The maximum Gasteiger partial charge on any atom is 0.126 e. The van der Waals surface area contributed by atoms with Gasteiger partial charge in [0.15, 0.2) is 0 Å². The summed E-state index contributed by atoms with van der Waals surface area (Å²) in [5.41, 5.74) is 4.37. The zero-order valence-corrected chi connectivity index (χ0v) is 10.2. The summed E-state index contributed by atoms with van der Waals surface area (Å²) in [5, 5.41) is 0. The van der Waals surface area contributed by atoms with Crippen molar-refractivity contribution in [1.29, 1.82) is 0 Å². The zero-order chi connectivity index (χ0) is 12.3. The molecule has 0 amide bonds. The minimum atomic E-state index is 0.865. The first kappa shape index (κ1) is 11.5. The van der Waals surface area contributed by atoms with Crippen LogP contribution in [0.2, 0.25) is 0 Å². The maximum absolute atomic E-state index is 5.38. The Kier molecular flexibility index (Phi) is 3.29. The van der Waals surface area contributed by atoms with Crippen LogP contribution in [0.25, 0.3) is 5.57 Å². The second-order valence-corrected chi connectivity index (χ2v) is 4.05. The Morgan fingerprint density at radius 2 is 1.76 bits per heavy atom. The molecule has 0 aliphatic rings. The molecule has 1 heteroatoms. The Hall–Kier alpha value is -2.02. The minimum absolute atomic E-state index is 0.865. The molecule has 17 heavy (non-hydrogen) atoms. The number of hydrogen-bond acceptors (Lipinski definition) is 1. The van der Waals surface area contributed by atoms with Gasteiger partial charge in [-0.1, -0.05) is 48.5 Å². The fourth-order valence-electron chi connectivity index (χ4n) is 1.85. The molecule has 0 fully saturated rings. The SMILES string of the molecule is C=C(c1ccccc1)c1cc(C)ccc1OC. The third kappa shape index (κ3) is 2.39. The van der Waals surface area contributed by atoms with Crippen molar-refractivity contribution < 1.29 is 4.74 Å². The largest absolute Gasteiger partial charge is 0.496 e. The van der Waals surface area contributed by atoms with Crippen molar-refractivity contribution >= 4 is 5.57 Å². The molecule has 0 aliphatic carbocycles. The quantitative estimate of drug-likeness (QED) is 0.763. The summed E-state index contributed by atoms with van der Waals surface area (Å²) in [6.07, 6.45) is 0. The summed E-state index contributed by atoms with van der Waals surface area (Å²) in [6, 6.07) is 16.3. The third-order valence-electron chi connectivity index (χ3n) is 2.80. The highest BCUT2D eigenvalue weighted by molar-refractivity contribution is 5.81. The van der Waals surface area contributed by atoms with Gasteiger partial charge >= 0.3 is 0 Å². The molecule has 0 radical (unpaired) electrons. The van der Waals surface area contributed by atoms with Gasteiger partial charge in [0.25, 0.3) is 0 Å². The Morgan fingerprint density at radius 1 is 1.06 bits per heavy atom. The van der Waals surface area contributed by atoms with E-state index in [9.17, 15) is 0 Å². The second-order valence-electron chi connectivity index (χ2n) is 4.05. The van der Waals surface area contributed by atoms with Crippen LogP contribution >= 0.6 is 0 Å². The van der Waals surface area contributed by atoms with Crippen molar-refractivity contribution in [3.8, 4) is 5.75 Å². The Morgan fingerprint density at radius 3 is 2.41 bits per heavy atom. The summed E-state index contributed by atoms with van der Waals surface area (Å²) in [4.78, 5) is 0. The number of methoxy groups -OCH3 is 1.